The molecule has 6 nitrogen and oxygen atoms in total. The summed E-state index contributed by atoms with van der Waals surface area (Å²) in [6, 6.07) is 0.147. The molecule has 1 aromatic rings. The van der Waals surface area contributed by atoms with Crippen molar-refractivity contribution in [1.82, 2.24) is 19.8 Å². The molecule has 0 saturated carbocycles. The maximum absolute atomic E-state index is 12.2. The molecule has 1 amide bonds. The number of aromatic amines is 1. The summed E-state index contributed by atoms with van der Waals surface area (Å²) < 4.78 is 5.45. The summed E-state index contributed by atoms with van der Waals surface area (Å²) in [5.74, 6) is 1.08. The SMILES string of the molecule is CC(C)OCCC(=O)N1CCN(C)C(c2ncc[nH]2)C1. The molecule has 1 aromatic heterocycles. The molecule has 112 valence electrons. The van der Waals surface area contributed by atoms with E-state index in [2.05, 4.69) is 21.9 Å². The number of rotatable bonds is 5. The molecule has 0 spiro atoms. The van der Waals surface area contributed by atoms with E-state index < -0.39 is 0 Å². The maximum Gasteiger partial charge on any atom is 0.225 e. The van der Waals surface area contributed by atoms with Crippen LogP contribution in [0.3, 0.4) is 0 Å². The van der Waals surface area contributed by atoms with Gasteiger partial charge in [-0.1, -0.05) is 0 Å². The summed E-state index contributed by atoms with van der Waals surface area (Å²) in [5.41, 5.74) is 0. The Morgan fingerprint density at radius 2 is 2.35 bits per heavy atom. The number of amides is 1. The van der Waals surface area contributed by atoms with Gasteiger partial charge in [-0.3, -0.25) is 9.69 Å². The molecule has 1 unspecified atom stereocenters. The molecule has 1 saturated heterocycles. The van der Waals surface area contributed by atoms with Gasteiger partial charge in [-0.25, -0.2) is 4.98 Å². The molecule has 1 atom stereocenters. The first kappa shape index (κ1) is 15.0. The van der Waals surface area contributed by atoms with E-state index in [4.69, 9.17) is 4.74 Å². The molecule has 1 N–H and O–H groups in total. The van der Waals surface area contributed by atoms with Crippen LogP contribution in [0.25, 0.3) is 0 Å². The minimum Gasteiger partial charge on any atom is -0.378 e. The second kappa shape index (κ2) is 6.85. The zero-order valence-corrected chi connectivity index (χ0v) is 12.5. The zero-order valence-electron chi connectivity index (χ0n) is 12.5. The predicted octanol–water partition coefficient (Wildman–Crippen LogP) is 1.04. The lowest BCUT2D eigenvalue weighted by atomic mass is 10.1. The van der Waals surface area contributed by atoms with Crippen LogP contribution in [0, 0.1) is 0 Å². The highest BCUT2D eigenvalue weighted by Crippen LogP contribution is 2.21. The summed E-state index contributed by atoms with van der Waals surface area (Å²) in [6.07, 6.45) is 4.19. The van der Waals surface area contributed by atoms with Crippen LogP contribution in [0.15, 0.2) is 12.4 Å². The number of likely N-dealkylation sites (N-methyl/N-ethyl adjacent to an activating group) is 1. The highest BCUT2D eigenvalue weighted by molar-refractivity contribution is 5.76. The average molecular weight is 280 g/mol. The average Bonchev–Trinajstić information content (AvgIpc) is 2.92. The fraction of sp³-hybridized carbons (Fsp3) is 0.714. The largest absolute Gasteiger partial charge is 0.378 e. The van der Waals surface area contributed by atoms with Gasteiger partial charge in [0.25, 0.3) is 0 Å². The Hall–Kier alpha value is -1.40. The molecule has 0 bridgehead atoms. The molecule has 20 heavy (non-hydrogen) atoms. The van der Waals surface area contributed by atoms with E-state index in [1.807, 2.05) is 24.9 Å². The Kier molecular flexibility index (Phi) is 5.14. The van der Waals surface area contributed by atoms with Crippen LogP contribution < -0.4 is 0 Å². The standard InChI is InChI=1S/C14H24N4O2/c1-11(2)20-9-4-13(19)18-8-7-17(3)12(10-18)14-15-5-6-16-14/h5-6,11-12H,4,7-10H2,1-3H3,(H,15,16). The van der Waals surface area contributed by atoms with Gasteiger partial charge in [-0.2, -0.15) is 0 Å². The van der Waals surface area contributed by atoms with Crippen molar-refractivity contribution in [2.45, 2.75) is 32.4 Å². The monoisotopic (exact) mass is 280 g/mol. The number of nitrogens with one attached hydrogen (secondary N) is 1. The Morgan fingerprint density at radius 3 is 3.00 bits per heavy atom. The normalized spacial score (nSPS) is 20.6. The van der Waals surface area contributed by atoms with E-state index >= 15 is 0 Å². The van der Waals surface area contributed by atoms with Crippen LogP contribution in [0.4, 0.5) is 0 Å². The van der Waals surface area contributed by atoms with E-state index in [1.54, 1.807) is 6.20 Å². The van der Waals surface area contributed by atoms with Gasteiger partial charge in [-0.15, -0.1) is 0 Å². The molecule has 1 fully saturated rings. The van der Waals surface area contributed by atoms with E-state index in [9.17, 15) is 4.79 Å². The van der Waals surface area contributed by atoms with Crippen molar-refractivity contribution in [3.63, 3.8) is 0 Å². The van der Waals surface area contributed by atoms with Crippen LogP contribution >= 0.6 is 0 Å². The minimum absolute atomic E-state index is 0.147. The van der Waals surface area contributed by atoms with E-state index in [0.29, 0.717) is 19.6 Å². The van der Waals surface area contributed by atoms with Crippen LogP contribution in [0.2, 0.25) is 0 Å². The highest BCUT2D eigenvalue weighted by Gasteiger charge is 2.29. The summed E-state index contributed by atoms with van der Waals surface area (Å²) in [5, 5.41) is 0. The molecule has 1 aliphatic heterocycles. The Bertz CT molecular complexity index is 419. The lowest BCUT2D eigenvalue weighted by Gasteiger charge is -2.38. The summed E-state index contributed by atoms with van der Waals surface area (Å²) >= 11 is 0. The molecule has 2 heterocycles. The zero-order chi connectivity index (χ0) is 14.5. The van der Waals surface area contributed by atoms with Gasteiger partial charge in [0, 0.05) is 32.0 Å². The number of aromatic nitrogens is 2. The molecule has 0 aromatic carbocycles. The number of ether oxygens (including phenoxy) is 1. The number of imidazole rings is 1. The van der Waals surface area contributed by atoms with E-state index in [-0.39, 0.29) is 18.1 Å². The third kappa shape index (κ3) is 3.80. The van der Waals surface area contributed by atoms with Crippen molar-refractivity contribution in [2.75, 3.05) is 33.3 Å². The van der Waals surface area contributed by atoms with Crippen LogP contribution in [0.1, 0.15) is 32.1 Å². The number of piperazine rings is 1. The topological polar surface area (TPSA) is 61.5 Å². The van der Waals surface area contributed by atoms with Crippen molar-refractivity contribution in [2.24, 2.45) is 0 Å². The predicted molar refractivity (Wildman–Crippen MR) is 76.2 cm³/mol. The third-order valence-electron chi connectivity index (χ3n) is 3.60. The number of nitrogens with zero attached hydrogens (tertiary/aromatic N) is 3. The molecular formula is C14H24N4O2. The van der Waals surface area contributed by atoms with Gasteiger partial charge in [0.2, 0.25) is 5.91 Å². The van der Waals surface area contributed by atoms with Crippen molar-refractivity contribution in [1.29, 1.82) is 0 Å². The van der Waals surface area contributed by atoms with Crippen molar-refractivity contribution >= 4 is 5.91 Å². The van der Waals surface area contributed by atoms with Gasteiger partial charge < -0.3 is 14.6 Å². The van der Waals surface area contributed by atoms with Gasteiger partial charge in [-0.05, 0) is 20.9 Å². The van der Waals surface area contributed by atoms with Gasteiger partial charge in [0.05, 0.1) is 25.2 Å². The third-order valence-corrected chi connectivity index (χ3v) is 3.60. The summed E-state index contributed by atoms with van der Waals surface area (Å²) in [4.78, 5) is 23.8. The molecule has 2 rings (SSSR count). The Balaban J connectivity index is 1.88. The summed E-state index contributed by atoms with van der Waals surface area (Å²) in [6.45, 7) is 6.77. The van der Waals surface area contributed by atoms with E-state index in [1.165, 1.54) is 0 Å². The second-order valence-electron chi connectivity index (χ2n) is 5.48. The molecule has 6 heteroatoms. The first-order valence-corrected chi connectivity index (χ1v) is 7.17. The Labute approximate surface area is 120 Å². The fourth-order valence-electron chi connectivity index (χ4n) is 2.40. The number of hydrogen-bond acceptors (Lipinski definition) is 4. The fourth-order valence-corrected chi connectivity index (χ4v) is 2.40. The van der Waals surface area contributed by atoms with Gasteiger partial charge >= 0.3 is 0 Å². The van der Waals surface area contributed by atoms with Crippen LogP contribution in [0.5, 0.6) is 0 Å². The van der Waals surface area contributed by atoms with Crippen molar-refractivity contribution in [3.8, 4) is 0 Å². The van der Waals surface area contributed by atoms with Gasteiger partial charge in [0.1, 0.15) is 5.82 Å². The molecule has 0 aliphatic carbocycles. The number of carbonyl (C=O) groups is 1. The summed E-state index contributed by atoms with van der Waals surface area (Å²) in [7, 11) is 2.07. The first-order chi connectivity index (χ1) is 9.58. The van der Waals surface area contributed by atoms with Crippen molar-refractivity contribution in [3.05, 3.63) is 18.2 Å². The van der Waals surface area contributed by atoms with E-state index in [0.717, 1.165) is 18.9 Å². The number of carbonyl (C=O) groups excluding carboxylic acids is 1. The molecular weight excluding hydrogens is 256 g/mol. The van der Waals surface area contributed by atoms with Gasteiger partial charge in [0.15, 0.2) is 0 Å². The first-order valence-electron chi connectivity index (χ1n) is 7.17. The highest BCUT2D eigenvalue weighted by atomic mass is 16.5. The minimum atomic E-state index is 0.147. The molecule has 1 aliphatic rings. The van der Waals surface area contributed by atoms with Crippen LogP contribution in [-0.4, -0.2) is 65.1 Å². The van der Waals surface area contributed by atoms with Crippen LogP contribution in [-0.2, 0) is 9.53 Å². The smallest absolute Gasteiger partial charge is 0.225 e. The molecule has 0 radical (unpaired) electrons. The quantitative estimate of drug-likeness (QED) is 0.875. The Morgan fingerprint density at radius 1 is 1.55 bits per heavy atom. The number of H-pyrrole nitrogens is 1. The number of hydrogen-bond donors (Lipinski definition) is 1. The maximum atomic E-state index is 12.2. The second-order valence-corrected chi connectivity index (χ2v) is 5.48. The lowest BCUT2D eigenvalue weighted by molar-refractivity contribution is -0.135. The lowest BCUT2D eigenvalue weighted by Crippen LogP contribution is -2.49. The van der Waals surface area contributed by atoms with Crippen molar-refractivity contribution < 1.29 is 9.53 Å².